The molecular weight excluding hydrogens is 330 g/mol. The van der Waals surface area contributed by atoms with Gasteiger partial charge in [0.15, 0.2) is 0 Å². The summed E-state index contributed by atoms with van der Waals surface area (Å²) < 4.78 is 0. The van der Waals surface area contributed by atoms with E-state index >= 15 is 0 Å². The summed E-state index contributed by atoms with van der Waals surface area (Å²) in [6, 6.07) is 16.3. The van der Waals surface area contributed by atoms with E-state index in [2.05, 4.69) is 29.6 Å². The van der Waals surface area contributed by atoms with E-state index in [-0.39, 0.29) is 5.91 Å². The van der Waals surface area contributed by atoms with Gasteiger partial charge in [-0.2, -0.15) is 0 Å². The van der Waals surface area contributed by atoms with Crippen LogP contribution in [0.2, 0.25) is 5.02 Å². The standard InChI is InChI=1S/C22H24ClNO/c23-18-5-7-19(8-6-18)24-21(25)15-16-9-12-22(13-10-16)14-11-17-3-1-2-4-20(17)22/h1-8,16H,9-15H2,(H,24,25). The fraction of sp³-hybridized carbons (Fsp3) is 0.409. The van der Waals surface area contributed by atoms with Gasteiger partial charge in [0, 0.05) is 17.1 Å². The Bertz CT molecular complexity index is 760. The summed E-state index contributed by atoms with van der Waals surface area (Å²) in [5.74, 6) is 0.626. The minimum absolute atomic E-state index is 0.120. The van der Waals surface area contributed by atoms with E-state index in [1.165, 1.54) is 25.7 Å². The molecule has 2 aromatic rings. The van der Waals surface area contributed by atoms with Gasteiger partial charge in [0.1, 0.15) is 0 Å². The lowest BCUT2D eigenvalue weighted by Crippen LogP contribution is -2.31. The van der Waals surface area contributed by atoms with Crippen molar-refractivity contribution < 1.29 is 4.79 Å². The lowest BCUT2D eigenvalue weighted by Gasteiger charge is -2.38. The van der Waals surface area contributed by atoms with E-state index in [4.69, 9.17) is 11.6 Å². The van der Waals surface area contributed by atoms with E-state index in [1.54, 1.807) is 23.3 Å². The molecule has 3 heteroatoms. The Morgan fingerprint density at radius 1 is 1.04 bits per heavy atom. The molecule has 130 valence electrons. The maximum atomic E-state index is 12.3. The lowest BCUT2D eigenvalue weighted by atomic mass is 9.67. The number of hydrogen-bond donors (Lipinski definition) is 1. The van der Waals surface area contributed by atoms with E-state index in [1.807, 2.05) is 12.1 Å². The van der Waals surface area contributed by atoms with Crippen LogP contribution in [0.5, 0.6) is 0 Å². The zero-order valence-electron chi connectivity index (χ0n) is 14.4. The minimum atomic E-state index is 0.120. The highest BCUT2D eigenvalue weighted by Gasteiger charge is 2.41. The number of halogens is 1. The monoisotopic (exact) mass is 353 g/mol. The average molecular weight is 354 g/mol. The first-order valence-electron chi connectivity index (χ1n) is 9.28. The number of benzene rings is 2. The van der Waals surface area contributed by atoms with E-state index < -0.39 is 0 Å². The molecule has 2 nitrogen and oxygen atoms in total. The highest BCUT2D eigenvalue weighted by Crippen LogP contribution is 2.50. The first-order chi connectivity index (χ1) is 12.1. The summed E-state index contributed by atoms with van der Waals surface area (Å²) in [7, 11) is 0. The largest absolute Gasteiger partial charge is 0.326 e. The fourth-order valence-electron chi connectivity index (χ4n) is 4.73. The molecule has 25 heavy (non-hydrogen) atoms. The number of hydrogen-bond acceptors (Lipinski definition) is 1. The number of rotatable bonds is 3. The molecule has 1 N–H and O–H groups in total. The van der Waals surface area contributed by atoms with Crippen LogP contribution in [-0.2, 0) is 16.6 Å². The number of carbonyl (C=O) groups excluding carboxylic acids is 1. The van der Waals surface area contributed by atoms with Crippen LogP contribution in [0.3, 0.4) is 0 Å². The number of anilines is 1. The van der Waals surface area contributed by atoms with Gasteiger partial charge in [-0.25, -0.2) is 0 Å². The molecule has 0 saturated heterocycles. The number of aryl methyl sites for hydroxylation is 1. The summed E-state index contributed by atoms with van der Waals surface area (Å²) in [5, 5.41) is 3.68. The smallest absolute Gasteiger partial charge is 0.224 e. The Labute approximate surface area is 154 Å². The predicted octanol–water partition coefficient (Wildman–Crippen LogP) is 5.74. The number of amides is 1. The number of carbonyl (C=O) groups is 1. The van der Waals surface area contributed by atoms with Crippen molar-refractivity contribution >= 4 is 23.2 Å². The molecule has 0 unspecified atom stereocenters. The average Bonchev–Trinajstić information content (AvgIpc) is 2.98. The molecule has 1 fully saturated rings. The molecule has 0 heterocycles. The van der Waals surface area contributed by atoms with Crippen LogP contribution < -0.4 is 5.32 Å². The molecule has 1 spiro atoms. The van der Waals surface area contributed by atoms with Crippen molar-refractivity contribution in [1.29, 1.82) is 0 Å². The Morgan fingerprint density at radius 3 is 2.52 bits per heavy atom. The second-order valence-electron chi connectivity index (χ2n) is 7.64. The third-order valence-corrected chi connectivity index (χ3v) is 6.38. The van der Waals surface area contributed by atoms with Crippen molar-refractivity contribution in [3.8, 4) is 0 Å². The van der Waals surface area contributed by atoms with Crippen LogP contribution in [0.25, 0.3) is 0 Å². The quantitative estimate of drug-likeness (QED) is 0.748. The van der Waals surface area contributed by atoms with Crippen molar-refractivity contribution in [2.45, 2.75) is 50.4 Å². The molecule has 2 aliphatic carbocycles. The van der Waals surface area contributed by atoms with Crippen LogP contribution in [0.15, 0.2) is 48.5 Å². The Morgan fingerprint density at radius 2 is 1.76 bits per heavy atom. The zero-order valence-corrected chi connectivity index (χ0v) is 15.2. The Balaban J connectivity index is 1.33. The van der Waals surface area contributed by atoms with Gasteiger partial charge in [0.25, 0.3) is 0 Å². The normalized spacial score (nSPS) is 24.9. The number of fused-ring (bicyclic) bond motifs is 2. The molecule has 2 aliphatic rings. The minimum Gasteiger partial charge on any atom is -0.326 e. The van der Waals surface area contributed by atoms with E-state index in [0.717, 1.165) is 18.5 Å². The molecular formula is C22H24ClNO. The van der Waals surface area contributed by atoms with Crippen molar-refractivity contribution in [2.75, 3.05) is 5.32 Å². The molecule has 0 atom stereocenters. The van der Waals surface area contributed by atoms with Crippen molar-refractivity contribution in [3.63, 3.8) is 0 Å². The molecule has 0 bridgehead atoms. The van der Waals surface area contributed by atoms with Crippen LogP contribution in [0.4, 0.5) is 5.69 Å². The van der Waals surface area contributed by atoms with Crippen LogP contribution in [0, 0.1) is 5.92 Å². The topological polar surface area (TPSA) is 29.1 Å². The zero-order chi connectivity index (χ0) is 17.3. The van der Waals surface area contributed by atoms with Crippen molar-refractivity contribution in [1.82, 2.24) is 0 Å². The van der Waals surface area contributed by atoms with Gasteiger partial charge in [-0.3, -0.25) is 4.79 Å². The van der Waals surface area contributed by atoms with Crippen LogP contribution in [-0.4, -0.2) is 5.91 Å². The van der Waals surface area contributed by atoms with Gasteiger partial charge >= 0.3 is 0 Å². The summed E-state index contributed by atoms with van der Waals surface area (Å²) in [6.45, 7) is 0. The van der Waals surface area contributed by atoms with Crippen molar-refractivity contribution in [3.05, 3.63) is 64.7 Å². The van der Waals surface area contributed by atoms with Gasteiger partial charge < -0.3 is 5.32 Å². The van der Waals surface area contributed by atoms with E-state index in [0.29, 0.717) is 22.8 Å². The first kappa shape index (κ1) is 16.7. The summed E-state index contributed by atoms with van der Waals surface area (Å²) in [4.78, 5) is 12.3. The maximum Gasteiger partial charge on any atom is 0.224 e. The molecule has 0 aromatic heterocycles. The Kier molecular flexibility index (Phi) is 4.56. The molecule has 1 amide bonds. The molecule has 1 saturated carbocycles. The summed E-state index contributed by atoms with van der Waals surface area (Å²) in [5.41, 5.74) is 4.34. The fourth-order valence-corrected chi connectivity index (χ4v) is 4.85. The summed E-state index contributed by atoms with van der Waals surface area (Å²) in [6.07, 6.45) is 7.89. The number of nitrogens with one attached hydrogen (secondary N) is 1. The molecule has 2 aromatic carbocycles. The highest BCUT2D eigenvalue weighted by molar-refractivity contribution is 6.30. The van der Waals surface area contributed by atoms with Gasteiger partial charge in [-0.1, -0.05) is 35.9 Å². The second kappa shape index (κ2) is 6.84. The van der Waals surface area contributed by atoms with Gasteiger partial charge in [-0.05, 0) is 85.3 Å². The molecule has 0 aliphatic heterocycles. The van der Waals surface area contributed by atoms with Gasteiger partial charge in [0.05, 0.1) is 0 Å². The Hall–Kier alpha value is -1.80. The predicted molar refractivity (Wildman–Crippen MR) is 103 cm³/mol. The SMILES string of the molecule is O=C(CC1CCC2(CCc3ccccc32)CC1)Nc1ccc(Cl)cc1. The van der Waals surface area contributed by atoms with Crippen LogP contribution in [0.1, 0.15) is 49.7 Å². The third-order valence-electron chi connectivity index (χ3n) is 6.13. The first-order valence-corrected chi connectivity index (χ1v) is 9.66. The van der Waals surface area contributed by atoms with Gasteiger partial charge in [-0.15, -0.1) is 0 Å². The maximum absolute atomic E-state index is 12.3. The summed E-state index contributed by atoms with van der Waals surface area (Å²) >= 11 is 5.89. The molecule has 4 rings (SSSR count). The van der Waals surface area contributed by atoms with E-state index in [9.17, 15) is 4.79 Å². The molecule has 0 radical (unpaired) electrons. The van der Waals surface area contributed by atoms with Gasteiger partial charge in [0.2, 0.25) is 5.91 Å². The van der Waals surface area contributed by atoms with Crippen molar-refractivity contribution in [2.24, 2.45) is 5.92 Å². The third kappa shape index (κ3) is 3.46. The second-order valence-corrected chi connectivity index (χ2v) is 8.08. The highest BCUT2D eigenvalue weighted by atomic mass is 35.5. The lowest BCUT2D eigenvalue weighted by molar-refractivity contribution is -0.117. The van der Waals surface area contributed by atoms with Crippen LogP contribution >= 0.6 is 11.6 Å².